The molecule has 0 aliphatic heterocycles. The Morgan fingerprint density at radius 2 is 0.576 bits per heavy atom. The van der Waals surface area contributed by atoms with E-state index in [1.165, 1.54) is 141 Å². The normalized spacial score (nSPS) is 12.8. The molecule has 380 valence electrons. The van der Waals surface area contributed by atoms with Gasteiger partial charge in [0.1, 0.15) is 19.3 Å². The Morgan fingerprint density at radius 1 is 0.318 bits per heavy atom. The van der Waals surface area contributed by atoms with Gasteiger partial charge in [0.25, 0.3) is 0 Å². The molecular weight excluding hydrogens is 813 g/mol. The molecule has 0 aromatic rings. The van der Waals surface area contributed by atoms with Crippen molar-refractivity contribution in [2.75, 3.05) is 19.8 Å². The van der Waals surface area contributed by atoms with Gasteiger partial charge in [0.15, 0.2) is 0 Å². The average Bonchev–Trinajstić information content (AvgIpc) is 3.32. The SMILES string of the molecule is CCCCC/C=C\C/C=C\C/C=C\C/C=C\CCCCCC(=O)OC[C@H](COC(=O)CCCC/C=C\C/C=C\C/C=C\CCCCC)OCCCCCCCCCCCCCCCCCC. The molecule has 0 N–H and O–H groups in total. The quantitative estimate of drug-likeness (QED) is 0.0346. The zero-order chi connectivity index (χ0) is 47.7. The number of rotatable bonds is 51. The highest BCUT2D eigenvalue weighted by atomic mass is 16.6. The van der Waals surface area contributed by atoms with E-state index in [1.807, 2.05) is 0 Å². The molecule has 0 fully saturated rings. The maximum Gasteiger partial charge on any atom is 0.305 e. The molecule has 0 heterocycles. The second-order valence-corrected chi connectivity index (χ2v) is 18.5. The molecular formula is C61H106O5. The Morgan fingerprint density at radius 3 is 0.939 bits per heavy atom. The second kappa shape index (κ2) is 56.4. The van der Waals surface area contributed by atoms with Gasteiger partial charge in [-0.1, -0.05) is 234 Å². The topological polar surface area (TPSA) is 61.8 Å². The van der Waals surface area contributed by atoms with Gasteiger partial charge in [0.2, 0.25) is 0 Å². The van der Waals surface area contributed by atoms with Crippen LogP contribution in [-0.2, 0) is 23.8 Å². The summed E-state index contributed by atoms with van der Waals surface area (Å²) >= 11 is 0. The molecule has 0 aromatic heterocycles. The molecule has 0 aliphatic carbocycles. The van der Waals surface area contributed by atoms with Crippen molar-refractivity contribution >= 4 is 11.9 Å². The van der Waals surface area contributed by atoms with E-state index < -0.39 is 6.10 Å². The van der Waals surface area contributed by atoms with Crippen LogP contribution in [0.2, 0.25) is 0 Å². The number of unbranched alkanes of at least 4 members (excludes halogenated alkanes) is 26. The molecule has 0 bridgehead atoms. The summed E-state index contributed by atoms with van der Waals surface area (Å²) in [5, 5.41) is 0. The minimum atomic E-state index is -0.431. The highest BCUT2D eigenvalue weighted by Crippen LogP contribution is 2.15. The monoisotopic (exact) mass is 919 g/mol. The van der Waals surface area contributed by atoms with E-state index in [0.29, 0.717) is 19.4 Å². The lowest BCUT2D eigenvalue weighted by Crippen LogP contribution is -2.29. The third-order valence-corrected chi connectivity index (χ3v) is 11.9. The Labute approximate surface area is 409 Å². The summed E-state index contributed by atoms with van der Waals surface area (Å²) in [6.07, 6.45) is 74.8. The average molecular weight is 920 g/mol. The van der Waals surface area contributed by atoms with Gasteiger partial charge < -0.3 is 14.2 Å². The predicted molar refractivity (Wildman–Crippen MR) is 288 cm³/mol. The molecule has 1 atom stereocenters. The second-order valence-electron chi connectivity index (χ2n) is 18.5. The Balaban J connectivity index is 4.37. The van der Waals surface area contributed by atoms with Crippen molar-refractivity contribution < 1.29 is 23.8 Å². The highest BCUT2D eigenvalue weighted by Gasteiger charge is 2.16. The Bertz CT molecular complexity index is 1220. The van der Waals surface area contributed by atoms with Crippen LogP contribution in [0.25, 0.3) is 0 Å². The molecule has 5 nitrogen and oxygen atoms in total. The van der Waals surface area contributed by atoms with Gasteiger partial charge in [-0.2, -0.15) is 0 Å². The first-order valence-electron chi connectivity index (χ1n) is 28.1. The van der Waals surface area contributed by atoms with Crippen LogP contribution in [0.15, 0.2) is 85.1 Å². The number of hydrogen-bond acceptors (Lipinski definition) is 5. The van der Waals surface area contributed by atoms with Gasteiger partial charge in [0.05, 0.1) is 0 Å². The van der Waals surface area contributed by atoms with E-state index in [0.717, 1.165) is 89.9 Å². The first kappa shape index (κ1) is 63.1. The third kappa shape index (κ3) is 53.7. The lowest BCUT2D eigenvalue weighted by molar-refractivity contribution is -0.155. The van der Waals surface area contributed by atoms with Crippen LogP contribution in [0, 0.1) is 0 Å². The van der Waals surface area contributed by atoms with Crippen molar-refractivity contribution in [1.29, 1.82) is 0 Å². The molecule has 0 aromatic carbocycles. The van der Waals surface area contributed by atoms with Crippen LogP contribution in [0.3, 0.4) is 0 Å². The summed E-state index contributed by atoms with van der Waals surface area (Å²) in [6.45, 7) is 7.61. The zero-order valence-corrected chi connectivity index (χ0v) is 43.7. The van der Waals surface area contributed by atoms with Gasteiger partial charge in [-0.05, 0) is 103 Å². The molecule has 66 heavy (non-hydrogen) atoms. The maximum atomic E-state index is 12.6. The van der Waals surface area contributed by atoms with Crippen LogP contribution in [0.1, 0.15) is 265 Å². The summed E-state index contributed by atoms with van der Waals surface area (Å²) in [5.74, 6) is -0.408. The fourth-order valence-electron chi connectivity index (χ4n) is 7.65. The van der Waals surface area contributed by atoms with Crippen molar-refractivity contribution in [3.8, 4) is 0 Å². The first-order chi connectivity index (χ1) is 32.6. The van der Waals surface area contributed by atoms with Crippen molar-refractivity contribution in [2.24, 2.45) is 0 Å². The van der Waals surface area contributed by atoms with Crippen LogP contribution in [-0.4, -0.2) is 37.9 Å². The van der Waals surface area contributed by atoms with Gasteiger partial charge >= 0.3 is 11.9 Å². The van der Waals surface area contributed by atoms with Crippen LogP contribution < -0.4 is 0 Å². The minimum Gasteiger partial charge on any atom is -0.463 e. The molecule has 0 saturated heterocycles. The number of hydrogen-bond donors (Lipinski definition) is 0. The Kier molecular flexibility index (Phi) is 53.9. The van der Waals surface area contributed by atoms with Crippen molar-refractivity contribution in [3.05, 3.63) is 85.1 Å². The van der Waals surface area contributed by atoms with Gasteiger partial charge in [-0.3, -0.25) is 9.59 Å². The van der Waals surface area contributed by atoms with Gasteiger partial charge in [-0.15, -0.1) is 0 Å². The molecule has 0 amide bonds. The smallest absolute Gasteiger partial charge is 0.305 e. The molecule has 0 saturated carbocycles. The summed E-state index contributed by atoms with van der Waals surface area (Å²) in [4.78, 5) is 25.3. The lowest BCUT2D eigenvalue weighted by atomic mass is 10.0. The van der Waals surface area contributed by atoms with Crippen molar-refractivity contribution in [1.82, 2.24) is 0 Å². The largest absolute Gasteiger partial charge is 0.463 e. The first-order valence-corrected chi connectivity index (χ1v) is 28.1. The van der Waals surface area contributed by atoms with E-state index in [9.17, 15) is 9.59 Å². The third-order valence-electron chi connectivity index (χ3n) is 11.9. The highest BCUT2D eigenvalue weighted by molar-refractivity contribution is 5.69. The standard InChI is InChI=1S/C61H106O5/c1-4-7-10-13-16-19-22-25-28-30-31-32-34-37-40-43-46-49-52-55-61(63)66-58-59(64-56-53-50-47-44-41-38-35-29-26-23-20-17-14-11-8-5-2)57-65-60(62)54-51-48-45-42-39-36-33-27-24-21-18-15-12-9-6-3/h16,18-19,21,25,27-28,31-33,37,39-40,42,59H,4-15,17,20,22-24,26,29-30,34-36,38,41,43-58H2,1-3H3/b19-16-,21-18-,28-25-,32-31-,33-27-,40-37-,42-39-/t59-/m0/s1. The number of carbonyl (C=O) groups excluding carboxylic acids is 2. The molecule has 0 spiro atoms. The van der Waals surface area contributed by atoms with Gasteiger partial charge in [-0.25, -0.2) is 0 Å². The number of allylic oxidation sites excluding steroid dienone is 14. The summed E-state index contributed by atoms with van der Waals surface area (Å²) in [6, 6.07) is 0. The fourth-order valence-corrected chi connectivity index (χ4v) is 7.65. The molecule has 0 radical (unpaired) electrons. The summed E-state index contributed by atoms with van der Waals surface area (Å²) in [7, 11) is 0. The number of carbonyl (C=O) groups is 2. The molecule has 0 unspecified atom stereocenters. The van der Waals surface area contributed by atoms with Crippen LogP contribution >= 0.6 is 0 Å². The fraction of sp³-hybridized carbons (Fsp3) is 0.738. The predicted octanol–water partition coefficient (Wildman–Crippen LogP) is 19.2. The van der Waals surface area contributed by atoms with Crippen LogP contribution in [0.4, 0.5) is 0 Å². The van der Waals surface area contributed by atoms with Crippen LogP contribution in [0.5, 0.6) is 0 Å². The van der Waals surface area contributed by atoms with E-state index in [2.05, 4.69) is 106 Å². The molecule has 0 rings (SSSR count). The molecule has 0 aliphatic rings. The summed E-state index contributed by atoms with van der Waals surface area (Å²) in [5.41, 5.74) is 0. The molecule has 5 heteroatoms. The minimum absolute atomic E-state index is 0.125. The van der Waals surface area contributed by atoms with E-state index in [1.54, 1.807) is 0 Å². The lowest BCUT2D eigenvalue weighted by Gasteiger charge is -2.18. The number of ether oxygens (including phenoxy) is 3. The van der Waals surface area contributed by atoms with Crippen molar-refractivity contribution in [2.45, 2.75) is 271 Å². The summed E-state index contributed by atoms with van der Waals surface area (Å²) < 4.78 is 17.4. The van der Waals surface area contributed by atoms with Gasteiger partial charge in [0, 0.05) is 19.4 Å². The zero-order valence-electron chi connectivity index (χ0n) is 43.7. The Hall–Kier alpha value is -2.92. The van der Waals surface area contributed by atoms with E-state index >= 15 is 0 Å². The van der Waals surface area contributed by atoms with E-state index in [4.69, 9.17) is 14.2 Å². The van der Waals surface area contributed by atoms with Crippen molar-refractivity contribution in [3.63, 3.8) is 0 Å². The van der Waals surface area contributed by atoms with E-state index in [-0.39, 0.29) is 25.2 Å². The maximum absolute atomic E-state index is 12.6. The number of esters is 2.